The van der Waals surface area contributed by atoms with Gasteiger partial charge in [0.05, 0.1) is 23.0 Å². The average molecular weight is 814 g/mol. The zero-order valence-electron chi connectivity index (χ0n) is 32.9. The second-order valence-corrected chi connectivity index (χ2v) is 17.2. The highest BCUT2D eigenvalue weighted by molar-refractivity contribution is 9.09. The first kappa shape index (κ1) is 41.8. The molecule has 2 aromatic heterocycles. The quantitative estimate of drug-likeness (QED) is 0.162. The lowest BCUT2D eigenvalue weighted by Gasteiger charge is -2.59. The van der Waals surface area contributed by atoms with Crippen molar-refractivity contribution in [2.24, 2.45) is 5.41 Å². The zero-order chi connectivity index (χ0) is 39.3. The summed E-state index contributed by atoms with van der Waals surface area (Å²) >= 11 is 3.23. The molecule has 1 saturated heterocycles. The van der Waals surface area contributed by atoms with E-state index in [-0.39, 0.29) is 34.8 Å². The first-order valence-corrected chi connectivity index (χ1v) is 20.4. The molecule has 11 nitrogen and oxygen atoms in total. The molecule has 2 N–H and O–H groups in total. The Balaban J connectivity index is 0.000000730. The van der Waals surface area contributed by atoms with Crippen LogP contribution in [0.2, 0.25) is 0 Å². The van der Waals surface area contributed by atoms with E-state index in [1.54, 1.807) is 24.9 Å². The topological polar surface area (TPSA) is 124 Å². The number of alkyl halides is 1. The number of aliphatic hydroxyl groups is 2. The van der Waals surface area contributed by atoms with Gasteiger partial charge in [-0.3, -0.25) is 14.7 Å². The van der Waals surface area contributed by atoms with Gasteiger partial charge in [0.2, 0.25) is 0 Å². The SMILES string of the molecule is CC(C)(O)CCBr.CCC(C)N(CC)C(=O)c1cc(F)ccc1Oc1cncnc1N1CC2(CC(Oc3ccnc4c3CN(CCC(C)(C)O)CC4)C2)C1. The first-order valence-electron chi connectivity index (χ1n) is 19.2. The Labute approximate surface area is 328 Å². The molecule has 6 rings (SSSR count). The van der Waals surface area contributed by atoms with Crippen molar-refractivity contribution in [3.8, 4) is 17.2 Å². The number of pyridine rings is 1. The predicted molar refractivity (Wildman–Crippen MR) is 212 cm³/mol. The van der Waals surface area contributed by atoms with Crippen molar-refractivity contribution < 1.29 is 28.9 Å². The average Bonchev–Trinajstić information content (AvgIpc) is 3.08. The Morgan fingerprint density at radius 1 is 1.07 bits per heavy atom. The predicted octanol–water partition coefficient (Wildman–Crippen LogP) is 7.17. The van der Waals surface area contributed by atoms with Crippen molar-refractivity contribution >= 4 is 27.7 Å². The molecule has 4 heterocycles. The van der Waals surface area contributed by atoms with Crippen LogP contribution in [0.1, 0.15) is 102 Å². The van der Waals surface area contributed by atoms with Gasteiger partial charge in [0.15, 0.2) is 11.6 Å². The van der Waals surface area contributed by atoms with Gasteiger partial charge < -0.3 is 29.5 Å². The molecule has 1 unspecified atom stereocenters. The van der Waals surface area contributed by atoms with E-state index in [4.69, 9.17) is 14.6 Å². The fourth-order valence-corrected chi connectivity index (χ4v) is 8.27. The van der Waals surface area contributed by atoms with Gasteiger partial charge in [0.25, 0.3) is 5.91 Å². The number of carbonyl (C=O) groups is 1. The molecule has 0 radical (unpaired) electrons. The number of benzene rings is 1. The lowest BCUT2D eigenvalue weighted by Crippen LogP contribution is -2.65. The smallest absolute Gasteiger partial charge is 0.257 e. The van der Waals surface area contributed by atoms with Crippen molar-refractivity contribution in [2.75, 3.05) is 43.0 Å². The lowest BCUT2D eigenvalue weighted by atomic mass is 9.61. The summed E-state index contributed by atoms with van der Waals surface area (Å²) in [5.41, 5.74) is 1.42. The molecule has 2 aliphatic heterocycles. The van der Waals surface area contributed by atoms with E-state index in [9.17, 15) is 14.3 Å². The van der Waals surface area contributed by atoms with E-state index in [0.29, 0.717) is 18.1 Å². The number of rotatable bonds is 14. The second kappa shape index (κ2) is 17.6. The fraction of sp³-hybridized carbons (Fsp3) is 0.610. The summed E-state index contributed by atoms with van der Waals surface area (Å²) in [4.78, 5) is 33.1. The molecule has 2 fully saturated rings. The largest absolute Gasteiger partial charge is 0.490 e. The summed E-state index contributed by atoms with van der Waals surface area (Å²) in [6, 6.07) is 6.04. The monoisotopic (exact) mass is 812 g/mol. The molecule has 3 aromatic rings. The molecular weight excluding hydrogens is 755 g/mol. The lowest BCUT2D eigenvalue weighted by molar-refractivity contribution is -0.0353. The molecular formula is C41H58BrFN6O5. The van der Waals surface area contributed by atoms with Crippen LogP contribution in [0.25, 0.3) is 0 Å². The molecule has 296 valence electrons. The third-order valence-corrected chi connectivity index (χ3v) is 11.0. The zero-order valence-corrected chi connectivity index (χ0v) is 34.5. The number of amides is 1. The Kier molecular flexibility index (Phi) is 13.6. The van der Waals surface area contributed by atoms with Crippen LogP contribution < -0.4 is 14.4 Å². The minimum Gasteiger partial charge on any atom is -0.490 e. The Hall–Kier alpha value is -3.39. The van der Waals surface area contributed by atoms with E-state index in [0.717, 1.165) is 88.0 Å². The van der Waals surface area contributed by atoms with E-state index in [1.165, 1.54) is 30.1 Å². The maximum Gasteiger partial charge on any atom is 0.257 e. The van der Waals surface area contributed by atoms with Crippen LogP contribution in [0, 0.1) is 11.2 Å². The molecule has 1 saturated carbocycles. The van der Waals surface area contributed by atoms with Gasteiger partial charge >= 0.3 is 0 Å². The van der Waals surface area contributed by atoms with Gasteiger partial charge in [-0.25, -0.2) is 14.4 Å². The minimum atomic E-state index is -0.684. The molecule has 1 atom stereocenters. The van der Waals surface area contributed by atoms with Gasteiger partial charge in [-0.1, -0.05) is 22.9 Å². The maximum atomic E-state index is 14.4. The van der Waals surface area contributed by atoms with Crippen LogP contribution in [-0.2, 0) is 13.0 Å². The molecule has 13 heteroatoms. The van der Waals surface area contributed by atoms with Crippen molar-refractivity contribution in [3.05, 3.63) is 65.6 Å². The van der Waals surface area contributed by atoms with E-state index < -0.39 is 17.0 Å². The molecule has 0 bridgehead atoms. The Morgan fingerprint density at radius 3 is 2.43 bits per heavy atom. The molecule has 1 aliphatic carbocycles. The van der Waals surface area contributed by atoms with E-state index >= 15 is 0 Å². The molecule has 1 aromatic carbocycles. The second-order valence-electron chi connectivity index (χ2n) is 16.4. The van der Waals surface area contributed by atoms with Gasteiger partial charge in [-0.2, -0.15) is 0 Å². The molecule has 54 heavy (non-hydrogen) atoms. The number of fused-ring (bicyclic) bond motifs is 1. The van der Waals surface area contributed by atoms with Gasteiger partial charge in [-0.05, 0) is 97.9 Å². The van der Waals surface area contributed by atoms with Crippen molar-refractivity contribution in [2.45, 2.75) is 117 Å². The van der Waals surface area contributed by atoms with Crippen LogP contribution in [-0.4, -0.2) is 102 Å². The van der Waals surface area contributed by atoms with Gasteiger partial charge in [-0.15, -0.1) is 0 Å². The third kappa shape index (κ3) is 10.7. The molecule has 1 spiro atoms. The number of ether oxygens (including phenoxy) is 2. The van der Waals surface area contributed by atoms with Crippen LogP contribution in [0.15, 0.2) is 43.0 Å². The number of carbonyl (C=O) groups excluding carboxylic acids is 1. The molecule has 1 amide bonds. The van der Waals surface area contributed by atoms with E-state index in [2.05, 4.69) is 40.7 Å². The number of hydrogen-bond acceptors (Lipinski definition) is 10. The van der Waals surface area contributed by atoms with Gasteiger partial charge in [0.1, 0.15) is 29.7 Å². The van der Waals surface area contributed by atoms with Crippen molar-refractivity contribution in [3.63, 3.8) is 0 Å². The maximum absolute atomic E-state index is 14.4. The molecule has 3 aliphatic rings. The van der Waals surface area contributed by atoms with Crippen LogP contribution in [0.4, 0.5) is 10.2 Å². The number of nitrogens with zero attached hydrogens (tertiary/aromatic N) is 6. The highest BCUT2D eigenvalue weighted by Gasteiger charge is 2.54. The summed E-state index contributed by atoms with van der Waals surface area (Å²) in [7, 11) is 0. The number of halogens is 2. The highest BCUT2D eigenvalue weighted by Crippen LogP contribution is 2.52. The van der Waals surface area contributed by atoms with E-state index in [1.807, 2.05) is 46.9 Å². The Bertz CT molecular complexity index is 1720. The first-order chi connectivity index (χ1) is 25.5. The third-order valence-electron chi connectivity index (χ3n) is 10.6. The fourth-order valence-electron chi connectivity index (χ4n) is 7.30. The summed E-state index contributed by atoms with van der Waals surface area (Å²) in [5.74, 6) is 1.52. The minimum absolute atomic E-state index is 0.00923. The summed E-state index contributed by atoms with van der Waals surface area (Å²) in [6.07, 6.45) is 10.2. The normalized spacial score (nSPS) is 17.4. The standard InChI is InChI=1S/C36H47FN6O4.C5H11BrO/c1-6-24(3)43(7-2)34(44)27-16-25(37)8-9-30(27)47-32-19-38-23-40-33(32)42-21-36(22-42)17-26(18-36)46-31-10-13-39-29-11-14-41(20-28(29)31)15-12-35(4,5)45;1-5(2,7)3-4-6/h8-10,13,16,19,23-24,26,45H,6-7,11-12,14-15,17-18,20-22H2,1-5H3;7H,3-4H2,1-2H3. The van der Waals surface area contributed by atoms with Crippen LogP contribution >= 0.6 is 15.9 Å². The van der Waals surface area contributed by atoms with Crippen molar-refractivity contribution in [1.82, 2.24) is 24.8 Å². The number of hydrogen-bond donors (Lipinski definition) is 2. The van der Waals surface area contributed by atoms with Crippen LogP contribution in [0.3, 0.4) is 0 Å². The van der Waals surface area contributed by atoms with Crippen molar-refractivity contribution in [1.29, 1.82) is 0 Å². The summed E-state index contributed by atoms with van der Waals surface area (Å²) in [5, 5.41) is 20.1. The number of aromatic nitrogens is 3. The van der Waals surface area contributed by atoms with Crippen LogP contribution in [0.5, 0.6) is 17.2 Å². The van der Waals surface area contributed by atoms with Gasteiger partial charge in [0, 0.05) is 79.9 Å². The number of anilines is 1. The highest BCUT2D eigenvalue weighted by atomic mass is 79.9. The Morgan fingerprint density at radius 2 is 1.80 bits per heavy atom. The summed E-state index contributed by atoms with van der Waals surface area (Å²) < 4.78 is 27.2. The summed E-state index contributed by atoms with van der Waals surface area (Å²) in [6.45, 7) is 17.9.